The number of rotatable bonds is 6. The molecule has 1 aliphatic rings. The maximum atomic E-state index is 11.7. The molecule has 2 aromatic rings. The van der Waals surface area contributed by atoms with Crippen molar-refractivity contribution in [2.45, 2.75) is 50.6 Å². The van der Waals surface area contributed by atoms with Crippen LogP contribution in [0, 0.1) is 0 Å². The van der Waals surface area contributed by atoms with Crippen molar-refractivity contribution < 1.29 is 4.79 Å². The van der Waals surface area contributed by atoms with Crippen LogP contribution in [0.3, 0.4) is 0 Å². The molecule has 1 saturated carbocycles. The summed E-state index contributed by atoms with van der Waals surface area (Å²) in [5.74, 6) is 1.03. The summed E-state index contributed by atoms with van der Waals surface area (Å²) >= 11 is 6.24. The molecule has 0 spiro atoms. The highest BCUT2D eigenvalue weighted by atomic mass is 35.5. The predicted molar refractivity (Wildman–Crippen MR) is 84.4 cm³/mol. The normalized spacial score (nSPS) is 16.1. The van der Waals surface area contributed by atoms with Gasteiger partial charge in [-0.3, -0.25) is 4.79 Å². The molecule has 1 atom stereocenters. The molecule has 3 rings (SSSR count). The zero-order chi connectivity index (χ0) is 14.8. The van der Waals surface area contributed by atoms with Gasteiger partial charge < -0.3 is 9.88 Å². The minimum atomic E-state index is -0.141. The van der Waals surface area contributed by atoms with Crippen molar-refractivity contribution in [1.82, 2.24) is 14.9 Å². The molecule has 0 radical (unpaired) electrons. The van der Waals surface area contributed by atoms with E-state index in [0.29, 0.717) is 12.5 Å². The van der Waals surface area contributed by atoms with E-state index < -0.39 is 0 Å². The third-order valence-corrected chi connectivity index (χ3v) is 3.96. The Morgan fingerprint density at radius 1 is 1.48 bits per heavy atom. The quantitative estimate of drug-likeness (QED) is 0.832. The lowest BCUT2D eigenvalue weighted by atomic mass is 10.2. The van der Waals surface area contributed by atoms with Crippen molar-refractivity contribution in [2.24, 2.45) is 0 Å². The van der Waals surface area contributed by atoms with Crippen LogP contribution in [0.25, 0.3) is 11.0 Å². The van der Waals surface area contributed by atoms with Gasteiger partial charge in [-0.2, -0.15) is 0 Å². The third kappa shape index (κ3) is 3.38. The highest BCUT2D eigenvalue weighted by Crippen LogP contribution is 2.25. The van der Waals surface area contributed by atoms with Crippen LogP contribution >= 0.6 is 11.6 Å². The van der Waals surface area contributed by atoms with E-state index in [0.717, 1.165) is 42.7 Å². The molecule has 1 aromatic heterocycles. The fourth-order valence-corrected chi connectivity index (χ4v) is 2.72. The van der Waals surface area contributed by atoms with Gasteiger partial charge in [0.05, 0.1) is 16.4 Å². The van der Waals surface area contributed by atoms with Crippen molar-refractivity contribution in [2.75, 3.05) is 0 Å². The number of benzene rings is 1. The molecular weight excluding hydrogens is 286 g/mol. The number of para-hydroxylation sites is 2. The first-order valence-electron chi connectivity index (χ1n) is 7.54. The zero-order valence-electron chi connectivity index (χ0n) is 12.2. The Morgan fingerprint density at radius 3 is 2.95 bits per heavy atom. The molecule has 0 saturated heterocycles. The molecule has 1 unspecified atom stereocenters. The summed E-state index contributed by atoms with van der Waals surface area (Å²) in [7, 11) is 0. The van der Waals surface area contributed by atoms with E-state index in [-0.39, 0.29) is 11.3 Å². The number of fused-ring (bicyclic) bond motifs is 1. The lowest BCUT2D eigenvalue weighted by Crippen LogP contribution is -2.25. The van der Waals surface area contributed by atoms with Gasteiger partial charge >= 0.3 is 0 Å². The predicted octanol–water partition coefficient (Wildman–Crippen LogP) is 3.39. The number of aryl methyl sites for hydroxylation is 1. The highest BCUT2D eigenvalue weighted by molar-refractivity contribution is 6.20. The number of imidazole rings is 1. The van der Waals surface area contributed by atoms with Crippen LogP contribution in [-0.2, 0) is 11.3 Å². The maximum absolute atomic E-state index is 11.7. The molecule has 0 bridgehead atoms. The number of carbonyl (C=O) groups is 1. The third-order valence-electron chi connectivity index (χ3n) is 3.77. The fourth-order valence-electron chi connectivity index (χ4n) is 2.56. The van der Waals surface area contributed by atoms with E-state index in [1.165, 1.54) is 0 Å². The largest absolute Gasteiger partial charge is 0.353 e. The molecule has 5 heteroatoms. The van der Waals surface area contributed by atoms with Gasteiger partial charge in [0.25, 0.3) is 0 Å². The Kier molecular flexibility index (Phi) is 4.15. The van der Waals surface area contributed by atoms with Crippen molar-refractivity contribution in [3.05, 3.63) is 30.1 Å². The second kappa shape index (κ2) is 6.06. The van der Waals surface area contributed by atoms with Gasteiger partial charge in [0.2, 0.25) is 5.91 Å². The van der Waals surface area contributed by atoms with Crippen LogP contribution in [0.2, 0.25) is 0 Å². The Hall–Kier alpha value is -1.55. The number of amides is 1. The summed E-state index contributed by atoms with van der Waals surface area (Å²) < 4.78 is 2.14. The Bertz CT molecular complexity index is 646. The minimum absolute atomic E-state index is 0.141. The summed E-state index contributed by atoms with van der Waals surface area (Å²) in [5.41, 5.74) is 2.05. The monoisotopic (exact) mass is 305 g/mol. The lowest BCUT2D eigenvalue weighted by Gasteiger charge is -2.10. The van der Waals surface area contributed by atoms with Gasteiger partial charge in [-0.25, -0.2) is 4.98 Å². The average Bonchev–Trinajstić information content (AvgIpc) is 3.18. The number of halogens is 1. The van der Waals surface area contributed by atoms with Gasteiger partial charge in [-0.1, -0.05) is 12.1 Å². The molecule has 21 heavy (non-hydrogen) atoms. The zero-order valence-corrected chi connectivity index (χ0v) is 12.9. The Labute approximate surface area is 129 Å². The van der Waals surface area contributed by atoms with Crippen LogP contribution in [0.1, 0.15) is 43.8 Å². The molecule has 1 amide bonds. The van der Waals surface area contributed by atoms with Crippen LogP contribution in [-0.4, -0.2) is 21.5 Å². The van der Waals surface area contributed by atoms with Crippen LogP contribution in [0.15, 0.2) is 24.3 Å². The van der Waals surface area contributed by atoms with Gasteiger partial charge in [0.15, 0.2) is 0 Å². The Morgan fingerprint density at radius 2 is 2.24 bits per heavy atom. The van der Waals surface area contributed by atoms with Crippen LogP contribution < -0.4 is 5.32 Å². The summed E-state index contributed by atoms with van der Waals surface area (Å²) in [5, 5.41) is 2.88. The molecule has 1 fully saturated rings. The Balaban J connectivity index is 1.69. The number of aromatic nitrogens is 2. The molecule has 4 nitrogen and oxygen atoms in total. The minimum Gasteiger partial charge on any atom is -0.353 e. The van der Waals surface area contributed by atoms with Crippen molar-refractivity contribution in [1.29, 1.82) is 0 Å². The molecule has 1 aromatic carbocycles. The van der Waals surface area contributed by atoms with Gasteiger partial charge in [0, 0.05) is 19.0 Å². The lowest BCUT2D eigenvalue weighted by molar-refractivity contribution is -0.121. The fraction of sp³-hybridized carbons (Fsp3) is 0.500. The standard InChI is InChI=1S/C16H20ClN3O/c1-11(17)16-19-13-5-2-3-6-14(13)20(16)10-4-7-15(21)18-12-8-9-12/h2-3,5-6,11-12H,4,7-10H2,1H3,(H,18,21). The number of carbonyl (C=O) groups excluding carboxylic acids is 1. The molecular formula is C16H20ClN3O. The first kappa shape index (κ1) is 14.4. The number of nitrogens with one attached hydrogen (secondary N) is 1. The number of hydrogen-bond donors (Lipinski definition) is 1. The van der Waals surface area contributed by atoms with E-state index in [9.17, 15) is 4.79 Å². The van der Waals surface area contributed by atoms with E-state index in [1.807, 2.05) is 25.1 Å². The average molecular weight is 306 g/mol. The number of hydrogen-bond acceptors (Lipinski definition) is 2. The van der Waals surface area contributed by atoms with Crippen molar-refractivity contribution >= 4 is 28.5 Å². The van der Waals surface area contributed by atoms with Crippen LogP contribution in [0.4, 0.5) is 0 Å². The smallest absolute Gasteiger partial charge is 0.220 e. The second-order valence-electron chi connectivity index (χ2n) is 5.67. The molecule has 0 aliphatic heterocycles. The van der Waals surface area contributed by atoms with E-state index in [2.05, 4.69) is 20.9 Å². The van der Waals surface area contributed by atoms with Gasteiger partial charge in [-0.15, -0.1) is 11.6 Å². The summed E-state index contributed by atoms with van der Waals surface area (Å²) in [4.78, 5) is 16.3. The first-order valence-corrected chi connectivity index (χ1v) is 7.97. The SMILES string of the molecule is CC(Cl)c1nc2ccccc2n1CCCC(=O)NC1CC1. The van der Waals surface area contributed by atoms with E-state index >= 15 is 0 Å². The second-order valence-corrected chi connectivity index (χ2v) is 6.33. The van der Waals surface area contributed by atoms with Gasteiger partial charge in [-0.05, 0) is 38.3 Å². The van der Waals surface area contributed by atoms with Crippen LogP contribution in [0.5, 0.6) is 0 Å². The number of nitrogens with zero attached hydrogens (tertiary/aromatic N) is 2. The topological polar surface area (TPSA) is 46.9 Å². The molecule has 1 aliphatic carbocycles. The summed E-state index contributed by atoms with van der Waals surface area (Å²) in [6, 6.07) is 8.46. The van der Waals surface area contributed by atoms with E-state index in [1.54, 1.807) is 0 Å². The maximum Gasteiger partial charge on any atom is 0.220 e. The highest BCUT2D eigenvalue weighted by Gasteiger charge is 2.23. The molecule has 1 N–H and O–H groups in total. The summed E-state index contributed by atoms with van der Waals surface area (Å²) in [6.07, 6.45) is 3.62. The first-order chi connectivity index (χ1) is 10.1. The molecule has 112 valence electrons. The van der Waals surface area contributed by atoms with Crippen molar-refractivity contribution in [3.8, 4) is 0 Å². The molecule has 1 heterocycles. The summed E-state index contributed by atoms with van der Waals surface area (Å²) in [6.45, 7) is 2.70. The van der Waals surface area contributed by atoms with Gasteiger partial charge in [0.1, 0.15) is 5.82 Å². The van der Waals surface area contributed by atoms with Crippen molar-refractivity contribution in [3.63, 3.8) is 0 Å². The number of alkyl halides is 1. The van der Waals surface area contributed by atoms with E-state index in [4.69, 9.17) is 11.6 Å².